The molecule has 0 bridgehead atoms. The van der Waals surface area contributed by atoms with Gasteiger partial charge in [0.1, 0.15) is 5.75 Å². The number of carbonyl (C=O) groups is 2. The van der Waals surface area contributed by atoms with E-state index in [1.807, 2.05) is 0 Å². The summed E-state index contributed by atoms with van der Waals surface area (Å²) in [5.41, 5.74) is 2.08. The number of esters is 2. The van der Waals surface area contributed by atoms with E-state index in [0.717, 1.165) is 5.56 Å². The molecule has 1 aliphatic heterocycles. The molecular formula is C19H19NO6S. The van der Waals surface area contributed by atoms with Crippen LogP contribution in [0.25, 0.3) is 0 Å². The first kappa shape index (κ1) is 18.9. The van der Waals surface area contributed by atoms with Crippen molar-refractivity contribution in [2.75, 3.05) is 24.2 Å². The molecule has 2 aromatic carbocycles. The van der Waals surface area contributed by atoms with Crippen molar-refractivity contribution in [2.24, 2.45) is 0 Å². The maximum atomic E-state index is 12.4. The average molecular weight is 389 g/mol. The maximum Gasteiger partial charge on any atom is 0.343 e. The third kappa shape index (κ3) is 4.11. The molecule has 0 atom stereocenters. The van der Waals surface area contributed by atoms with Gasteiger partial charge < -0.3 is 9.47 Å². The lowest BCUT2D eigenvalue weighted by Crippen LogP contribution is -2.34. The highest BCUT2D eigenvalue weighted by atomic mass is 32.2. The molecule has 0 spiro atoms. The number of fused-ring (bicyclic) bond motifs is 1. The lowest BCUT2D eigenvalue weighted by molar-refractivity contribution is 0.0600. The lowest BCUT2D eigenvalue weighted by Gasteiger charge is -2.29. The fraction of sp³-hybridized carbons (Fsp3) is 0.263. The smallest absolute Gasteiger partial charge is 0.343 e. The van der Waals surface area contributed by atoms with Crippen LogP contribution in [0, 0.1) is 0 Å². The van der Waals surface area contributed by atoms with Crippen molar-refractivity contribution in [1.82, 2.24) is 0 Å². The number of ether oxygens (including phenoxy) is 2. The van der Waals surface area contributed by atoms with Gasteiger partial charge in [-0.1, -0.05) is 0 Å². The van der Waals surface area contributed by atoms with E-state index in [0.29, 0.717) is 42.0 Å². The summed E-state index contributed by atoms with van der Waals surface area (Å²) >= 11 is 0. The van der Waals surface area contributed by atoms with Crippen molar-refractivity contribution in [3.05, 3.63) is 59.2 Å². The molecule has 7 nitrogen and oxygen atoms in total. The third-order valence-electron chi connectivity index (χ3n) is 4.28. The molecule has 0 aliphatic carbocycles. The molecule has 0 amide bonds. The molecule has 0 saturated heterocycles. The van der Waals surface area contributed by atoms with E-state index in [9.17, 15) is 18.0 Å². The second-order valence-corrected chi connectivity index (χ2v) is 8.09. The number of hydrogen-bond acceptors (Lipinski definition) is 6. The molecular weight excluding hydrogens is 370 g/mol. The number of benzene rings is 2. The summed E-state index contributed by atoms with van der Waals surface area (Å²) in [4.78, 5) is 23.8. The normalized spacial score (nSPS) is 13.6. The molecule has 0 saturated carbocycles. The highest BCUT2D eigenvalue weighted by molar-refractivity contribution is 7.92. The van der Waals surface area contributed by atoms with Crippen LogP contribution in [0.5, 0.6) is 5.75 Å². The Bertz CT molecular complexity index is 982. The Labute approximate surface area is 157 Å². The molecule has 0 aromatic heterocycles. The van der Waals surface area contributed by atoms with Crippen LogP contribution in [-0.2, 0) is 21.2 Å². The molecule has 8 heteroatoms. The number of rotatable bonds is 4. The molecule has 142 valence electrons. The van der Waals surface area contributed by atoms with Gasteiger partial charge in [0.25, 0.3) is 0 Å². The Balaban J connectivity index is 1.79. The van der Waals surface area contributed by atoms with Crippen molar-refractivity contribution in [3.63, 3.8) is 0 Å². The zero-order valence-corrected chi connectivity index (χ0v) is 15.8. The second kappa shape index (κ2) is 7.40. The zero-order chi connectivity index (χ0) is 19.6. The van der Waals surface area contributed by atoms with E-state index in [4.69, 9.17) is 4.74 Å². The van der Waals surface area contributed by atoms with E-state index in [1.54, 1.807) is 18.2 Å². The van der Waals surface area contributed by atoms with Gasteiger partial charge >= 0.3 is 11.9 Å². The Morgan fingerprint density at radius 3 is 2.30 bits per heavy atom. The van der Waals surface area contributed by atoms with Gasteiger partial charge in [-0.25, -0.2) is 18.0 Å². The van der Waals surface area contributed by atoms with Crippen LogP contribution in [0.2, 0.25) is 0 Å². The number of nitrogens with zero attached hydrogens (tertiary/aromatic N) is 1. The minimum absolute atomic E-state index is 0.295. The minimum Gasteiger partial charge on any atom is -0.465 e. The van der Waals surface area contributed by atoms with Crippen LogP contribution in [0.1, 0.15) is 32.7 Å². The summed E-state index contributed by atoms with van der Waals surface area (Å²) in [6.07, 6.45) is 2.55. The van der Waals surface area contributed by atoms with Gasteiger partial charge in [-0.15, -0.1) is 0 Å². The molecule has 0 radical (unpaired) electrons. The first-order chi connectivity index (χ1) is 12.8. The summed E-state index contributed by atoms with van der Waals surface area (Å²) in [6.45, 7) is 0.433. The van der Waals surface area contributed by atoms with Gasteiger partial charge in [-0.05, 0) is 60.9 Å². The van der Waals surface area contributed by atoms with E-state index in [1.165, 1.54) is 41.9 Å². The van der Waals surface area contributed by atoms with Crippen LogP contribution in [0.15, 0.2) is 42.5 Å². The average Bonchev–Trinajstić information content (AvgIpc) is 2.66. The zero-order valence-electron chi connectivity index (χ0n) is 15.0. The summed E-state index contributed by atoms with van der Waals surface area (Å²) < 4.78 is 35.1. The maximum absolute atomic E-state index is 12.4. The molecule has 0 N–H and O–H groups in total. The van der Waals surface area contributed by atoms with Gasteiger partial charge in [-0.2, -0.15) is 0 Å². The standard InChI is InChI=1S/C19H19NO6S/c1-25-18(21)13-5-8-16(9-6-13)26-19(22)15-7-10-17-14(12-15)4-3-11-20(17)27(2,23)24/h5-10,12H,3-4,11H2,1-2H3. The number of carbonyl (C=O) groups excluding carboxylic acids is 2. The molecule has 1 aliphatic rings. The number of methoxy groups -OCH3 is 1. The van der Waals surface area contributed by atoms with Gasteiger partial charge in [-0.3, -0.25) is 4.31 Å². The van der Waals surface area contributed by atoms with Gasteiger partial charge in [0.05, 0.1) is 30.2 Å². The van der Waals surface area contributed by atoms with Crippen LogP contribution in [0.3, 0.4) is 0 Å². The Morgan fingerprint density at radius 2 is 1.67 bits per heavy atom. The van der Waals surface area contributed by atoms with E-state index in [2.05, 4.69) is 4.74 Å². The SMILES string of the molecule is COC(=O)c1ccc(OC(=O)c2ccc3c(c2)CCCN3S(C)(=O)=O)cc1. The second-order valence-electron chi connectivity index (χ2n) is 6.19. The van der Waals surface area contributed by atoms with Crippen molar-refractivity contribution in [3.8, 4) is 5.75 Å². The Hall–Kier alpha value is -2.87. The predicted octanol–water partition coefficient (Wildman–Crippen LogP) is 2.40. The van der Waals surface area contributed by atoms with Crippen molar-refractivity contribution >= 4 is 27.6 Å². The van der Waals surface area contributed by atoms with Crippen LogP contribution in [0.4, 0.5) is 5.69 Å². The molecule has 27 heavy (non-hydrogen) atoms. The summed E-state index contributed by atoms with van der Waals surface area (Å²) in [6, 6.07) is 10.9. The van der Waals surface area contributed by atoms with Gasteiger partial charge in [0, 0.05) is 6.54 Å². The Morgan fingerprint density at radius 1 is 1.00 bits per heavy atom. The number of hydrogen-bond donors (Lipinski definition) is 0. The van der Waals surface area contributed by atoms with Crippen molar-refractivity contribution in [2.45, 2.75) is 12.8 Å². The Kier molecular flexibility index (Phi) is 5.18. The first-order valence-electron chi connectivity index (χ1n) is 8.31. The predicted molar refractivity (Wildman–Crippen MR) is 99.7 cm³/mol. The number of sulfonamides is 1. The highest BCUT2D eigenvalue weighted by Gasteiger charge is 2.25. The monoisotopic (exact) mass is 389 g/mol. The fourth-order valence-corrected chi connectivity index (χ4v) is 3.97. The molecule has 0 fully saturated rings. The van der Waals surface area contributed by atoms with Crippen molar-refractivity contribution < 1.29 is 27.5 Å². The van der Waals surface area contributed by atoms with Crippen LogP contribution in [-0.4, -0.2) is 40.3 Å². The van der Waals surface area contributed by atoms with Crippen LogP contribution >= 0.6 is 0 Å². The fourth-order valence-electron chi connectivity index (χ4n) is 2.98. The molecule has 0 unspecified atom stereocenters. The largest absolute Gasteiger partial charge is 0.465 e. The number of aryl methyl sites for hydroxylation is 1. The highest BCUT2D eigenvalue weighted by Crippen LogP contribution is 2.30. The third-order valence-corrected chi connectivity index (χ3v) is 5.46. The summed E-state index contributed by atoms with van der Waals surface area (Å²) in [5.74, 6) is -0.735. The van der Waals surface area contributed by atoms with Crippen LogP contribution < -0.4 is 9.04 Å². The van der Waals surface area contributed by atoms with E-state index in [-0.39, 0.29) is 0 Å². The first-order valence-corrected chi connectivity index (χ1v) is 10.2. The van der Waals surface area contributed by atoms with E-state index < -0.39 is 22.0 Å². The molecule has 2 aromatic rings. The topological polar surface area (TPSA) is 90.0 Å². The molecule has 1 heterocycles. The molecule has 3 rings (SSSR count). The lowest BCUT2D eigenvalue weighted by atomic mass is 10.0. The summed E-state index contributed by atoms with van der Waals surface area (Å²) in [7, 11) is -2.07. The summed E-state index contributed by atoms with van der Waals surface area (Å²) in [5, 5.41) is 0. The van der Waals surface area contributed by atoms with E-state index >= 15 is 0 Å². The van der Waals surface area contributed by atoms with Crippen molar-refractivity contribution in [1.29, 1.82) is 0 Å². The minimum atomic E-state index is -3.35. The quantitative estimate of drug-likeness (QED) is 0.589. The van der Waals surface area contributed by atoms with Gasteiger partial charge in [0.15, 0.2) is 0 Å². The van der Waals surface area contributed by atoms with Gasteiger partial charge in [0.2, 0.25) is 10.0 Å². The number of anilines is 1.